The molecule has 0 aromatic carbocycles. The summed E-state index contributed by atoms with van der Waals surface area (Å²) in [4.78, 5) is 13.3. The fourth-order valence-electron chi connectivity index (χ4n) is 3.63. The molecule has 0 saturated carbocycles. The van der Waals surface area contributed by atoms with E-state index in [0.29, 0.717) is 6.04 Å². The van der Waals surface area contributed by atoms with E-state index in [-0.39, 0.29) is 5.76 Å². The lowest BCUT2D eigenvalue weighted by atomic mass is 9.93. The second kappa shape index (κ2) is 4.98. The Bertz CT molecular complexity index is 471. The normalized spacial score (nSPS) is 30.7. The maximum Gasteiger partial charge on any atom is 0.371 e. The molecule has 3 atom stereocenters. The van der Waals surface area contributed by atoms with Gasteiger partial charge in [-0.1, -0.05) is 6.92 Å². The zero-order chi connectivity index (χ0) is 13.4. The molecular weight excluding hydrogens is 244 g/mol. The molecule has 104 valence electrons. The number of fused-ring (bicyclic) bond motifs is 1. The van der Waals surface area contributed by atoms with Gasteiger partial charge in [0, 0.05) is 12.6 Å². The Morgan fingerprint density at radius 2 is 2.37 bits per heavy atom. The van der Waals surface area contributed by atoms with E-state index in [1.807, 2.05) is 0 Å². The van der Waals surface area contributed by atoms with Gasteiger partial charge in [0.05, 0.1) is 6.54 Å². The summed E-state index contributed by atoms with van der Waals surface area (Å²) in [5, 5.41) is 12.3. The highest BCUT2D eigenvalue weighted by Crippen LogP contribution is 2.35. The Morgan fingerprint density at radius 1 is 1.53 bits per heavy atom. The van der Waals surface area contributed by atoms with E-state index in [4.69, 9.17) is 9.52 Å². The lowest BCUT2D eigenvalue weighted by Crippen LogP contribution is -2.34. The van der Waals surface area contributed by atoms with Gasteiger partial charge in [0.25, 0.3) is 0 Å². The summed E-state index contributed by atoms with van der Waals surface area (Å²) in [6, 6.07) is 3.90. The zero-order valence-electron chi connectivity index (χ0n) is 11.1. The standard InChI is InChI=1S/C14H20N2O3/c1-2-12-11-6-15-5-9(11)7-16(12)8-10-3-4-13(19-10)14(17)18/h3-4,9,11-12,15H,2,5-8H2,1H3,(H,17,18). The van der Waals surface area contributed by atoms with Crippen LogP contribution < -0.4 is 5.32 Å². The maximum atomic E-state index is 10.8. The first-order valence-electron chi connectivity index (χ1n) is 6.95. The summed E-state index contributed by atoms with van der Waals surface area (Å²) in [6.45, 7) is 6.25. The van der Waals surface area contributed by atoms with Crippen LogP contribution >= 0.6 is 0 Å². The summed E-state index contributed by atoms with van der Waals surface area (Å²) in [5.74, 6) is 1.26. The van der Waals surface area contributed by atoms with Gasteiger partial charge < -0.3 is 14.8 Å². The van der Waals surface area contributed by atoms with Gasteiger partial charge in [-0.15, -0.1) is 0 Å². The molecule has 0 bridgehead atoms. The topological polar surface area (TPSA) is 65.7 Å². The summed E-state index contributed by atoms with van der Waals surface area (Å²) >= 11 is 0. The number of aromatic carboxylic acids is 1. The minimum Gasteiger partial charge on any atom is -0.475 e. The van der Waals surface area contributed by atoms with Crippen molar-refractivity contribution < 1.29 is 14.3 Å². The molecule has 5 heteroatoms. The number of carboxylic acids is 1. The first-order valence-corrected chi connectivity index (χ1v) is 6.95. The number of nitrogens with one attached hydrogen (secondary N) is 1. The first-order chi connectivity index (χ1) is 9.19. The van der Waals surface area contributed by atoms with Crippen molar-refractivity contribution in [1.29, 1.82) is 0 Å². The highest BCUT2D eigenvalue weighted by Gasteiger charge is 2.43. The fraction of sp³-hybridized carbons (Fsp3) is 0.643. The molecule has 2 fully saturated rings. The Morgan fingerprint density at radius 3 is 3.05 bits per heavy atom. The number of carboxylic acid groups (broad SMARTS) is 1. The third kappa shape index (κ3) is 2.28. The van der Waals surface area contributed by atoms with Gasteiger partial charge in [0.15, 0.2) is 0 Å². The van der Waals surface area contributed by atoms with Gasteiger partial charge in [-0.25, -0.2) is 4.79 Å². The number of rotatable bonds is 4. The van der Waals surface area contributed by atoms with E-state index in [1.54, 1.807) is 6.07 Å². The number of hydrogen-bond acceptors (Lipinski definition) is 4. The zero-order valence-corrected chi connectivity index (χ0v) is 11.1. The van der Waals surface area contributed by atoms with Crippen LogP contribution in [0.15, 0.2) is 16.5 Å². The van der Waals surface area contributed by atoms with Crippen LogP contribution in [0.1, 0.15) is 29.7 Å². The van der Waals surface area contributed by atoms with Crippen molar-refractivity contribution in [3.8, 4) is 0 Å². The van der Waals surface area contributed by atoms with Crippen molar-refractivity contribution in [3.63, 3.8) is 0 Å². The molecule has 1 aromatic rings. The average molecular weight is 264 g/mol. The smallest absolute Gasteiger partial charge is 0.371 e. The van der Waals surface area contributed by atoms with Crippen LogP contribution in [0.5, 0.6) is 0 Å². The number of likely N-dealkylation sites (tertiary alicyclic amines) is 1. The third-order valence-electron chi connectivity index (χ3n) is 4.47. The van der Waals surface area contributed by atoms with E-state index in [2.05, 4.69) is 17.1 Å². The Balaban J connectivity index is 1.70. The van der Waals surface area contributed by atoms with Crippen LogP contribution in [-0.4, -0.2) is 41.7 Å². The molecule has 0 amide bonds. The van der Waals surface area contributed by atoms with Gasteiger partial charge in [-0.05, 0) is 43.5 Å². The molecule has 2 saturated heterocycles. The summed E-state index contributed by atoms with van der Waals surface area (Å²) in [5.41, 5.74) is 0. The maximum absolute atomic E-state index is 10.8. The van der Waals surface area contributed by atoms with Crippen molar-refractivity contribution in [2.24, 2.45) is 11.8 Å². The molecule has 1 aromatic heterocycles. The minimum atomic E-state index is -0.999. The molecule has 19 heavy (non-hydrogen) atoms. The van der Waals surface area contributed by atoms with E-state index >= 15 is 0 Å². The molecule has 2 N–H and O–H groups in total. The van der Waals surface area contributed by atoms with Crippen LogP contribution in [0.3, 0.4) is 0 Å². The molecule has 0 radical (unpaired) electrons. The van der Waals surface area contributed by atoms with E-state index in [1.165, 1.54) is 6.07 Å². The summed E-state index contributed by atoms with van der Waals surface area (Å²) < 4.78 is 5.37. The molecule has 0 spiro atoms. The lowest BCUT2D eigenvalue weighted by Gasteiger charge is -2.25. The van der Waals surface area contributed by atoms with E-state index in [9.17, 15) is 4.79 Å². The molecule has 0 aliphatic carbocycles. The number of carbonyl (C=O) groups is 1. The van der Waals surface area contributed by atoms with Crippen LogP contribution in [-0.2, 0) is 6.54 Å². The van der Waals surface area contributed by atoms with Gasteiger partial charge in [0.1, 0.15) is 5.76 Å². The van der Waals surface area contributed by atoms with E-state index < -0.39 is 5.97 Å². The lowest BCUT2D eigenvalue weighted by molar-refractivity contribution is 0.0657. The molecule has 3 rings (SSSR count). The van der Waals surface area contributed by atoms with Crippen molar-refractivity contribution in [1.82, 2.24) is 10.2 Å². The number of hydrogen-bond donors (Lipinski definition) is 2. The van der Waals surface area contributed by atoms with Gasteiger partial charge >= 0.3 is 5.97 Å². The second-order valence-corrected chi connectivity index (χ2v) is 5.56. The minimum absolute atomic E-state index is 0.0316. The quantitative estimate of drug-likeness (QED) is 0.860. The second-order valence-electron chi connectivity index (χ2n) is 5.56. The average Bonchev–Trinajstić information content (AvgIpc) is 3.04. The third-order valence-corrected chi connectivity index (χ3v) is 4.47. The Kier molecular flexibility index (Phi) is 3.33. The number of nitrogens with zero attached hydrogens (tertiary/aromatic N) is 1. The van der Waals surface area contributed by atoms with Gasteiger partial charge in [-0.2, -0.15) is 0 Å². The van der Waals surface area contributed by atoms with Crippen molar-refractivity contribution >= 4 is 5.97 Å². The monoisotopic (exact) mass is 264 g/mol. The Labute approximate surface area is 112 Å². The molecule has 5 nitrogen and oxygen atoms in total. The van der Waals surface area contributed by atoms with Crippen LogP contribution in [0.2, 0.25) is 0 Å². The predicted molar refractivity (Wildman–Crippen MR) is 70.0 cm³/mol. The SMILES string of the molecule is CCC1C2CNCC2CN1Cc1ccc(C(=O)O)o1. The van der Waals surface area contributed by atoms with Gasteiger partial charge in [0.2, 0.25) is 5.76 Å². The molecular formula is C14H20N2O3. The van der Waals surface area contributed by atoms with Crippen molar-refractivity contribution in [3.05, 3.63) is 23.7 Å². The summed E-state index contributed by atoms with van der Waals surface area (Å²) in [6.07, 6.45) is 1.13. The fourth-order valence-corrected chi connectivity index (χ4v) is 3.63. The molecule has 2 aliphatic rings. The Hall–Kier alpha value is -1.33. The van der Waals surface area contributed by atoms with Crippen molar-refractivity contribution in [2.75, 3.05) is 19.6 Å². The highest BCUT2D eigenvalue weighted by molar-refractivity contribution is 5.84. The predicted octanol–water partition coefficient (Wildman–Crippen LogP) is 1.41. The number of furan rings is 1. The van der Waals surface area contributed by atoms with Crippen LogP contribution in [0.4, 0.5) is 0 Å². The molecule has 3 unspecified atom stereocenters. The van der Waals surface area contributed by atoms with Crippen LogP contribution in [0, 0.1) is 11.8 Å². The van der Waals surface area contributed by atoms with Gasteiger partial charge in [-0.3, -0.25) is 4.90 Å². The highest BCUT2D eigenvalue weighted by atomic mass is 16.4. The molecule has 3 heterocycles. The molecule has 2 aliphatic heterocycles. The largest absolute Gasteiger partial charge is 0.475 e. The van der Waals surface area contributed by atoms with Crippen molar-refractivity contribution in [2.45, 2.75) is 25.9 Å². The summed E-state index contributed by atoms with van der Waals surface area (Å²) in [7, 11) is 0. The van der Waals surface area contributed by atoms with Crippen LogP contribution in [0.25, 0.3) is 0 Å². The first kappa shape index (κ1) is 12.7. The van der Waals surface area contributed by atoms with E-state index in [0.717, 1.165) is 50.2 Å².